The molecule has 28 heavy (non-hydrogen) atoms. The number of ether oxygens (including phenoxy) is 2. The summed E-state index contributed by atoms with van der Waals surface area (Å²) in [6, 6.07) is 9.23. The summed E-state index contributed by atoms with van der Waals surface area (Å²) in [5, 5.41) is 2.96. The number of methoxy groups -OCH3 is 2. The van der Waals surface area contributed by atoms with Crippen molar-refractivity contribution in [1.29, 1.82) is 0 Å². The van der Waals surface area contributed by atoms with Gasteiger partial charge in [0.2, 0.25) is 5.91 Å². The van der Waals surface area contributed by atoms with Crippen LogP contribution in [0.4, 0.5) is 0 Å². The fraction of sp³-hybridized carbons (Fsp3) is 0.409. The molecule has 150 valence electrons. The van der Waals surface area contributed by atoms with Crippen LogP contribution < -0.4 is 14.8 Å². The molecule has 0 fully saturated rings. The number of nitrogens with zero attached hydrogens (tertiary/aromatic N) is 1. The topological polar surface area (TPSA) is 77.5 Å². The highest BCUT2D eigenvalue weighted by Crippen LogP contribution is 2.33. The number of ketones is 1. The molecule has 2 rings (SSSR count). The van der Waals surface area contributed by atoms with Crippen molar-refractivity contribution in [2.75, 3.05) is 20.8 Å². The van der Waals surface area contributed by atoms with Gasteiger partial charge >= 0.3 is 0 Å². The van der Waals surface area contributed by atoms with Crippen LogP contribution in [0.1, 0.15) is 48.5 Å². The Balaban J connectivity index is 1.94. The summed E-state index contributed by atoms with van der Waals surface area (Å²) in [4.78, 5) is 28.3. The first-order valence-corrected chi connectivity index (χ1v) is 9.38. The Morgan fingerprint density at radius 2 is 1.82 bits per heavy atom. The molecule has 0 aliphatic rings. The third-order valence-electron chi connectivity index (χ3n) is 4.72. The number of carbonyl (C=O) groups excluding carboxylic acids is 2. The molecule has 1 aromatic carbocycles. The van der Waals surface area contributed by atoms with E-state index in [2.05, 4.69) is 24.1 Å². The predicted octanol–water partition coefficient (Wildman–Crippen LogP) is 3.62. The molecule has 1 heterocycles. The van der Waals surface area contributed by atoms with Crippen LogP contribution in [0.2, 0.25) is 0 Å². The van der Waals surface area contributed by atoms with Gasteiger partial charge in [-0.2, -0.15) is 0 Å². The number of nitrogens with one attached hydrogen (secondary N) is 1. The minimum absolute atomic E-state index is 0.0800. The molecule has 0 aliphatic carbocycles. The van der Waals surface area contributed by atoms with Crippen LogP contribution in [-0.2, 0) is 4.79 Å². The summed E-state index contributed by atoms with van der Waals surface area (Å²) in [6.07, 6.45) is 3.46. The highest BCUT2D eigenvalue weighted by atomic mass is 16.5. The van der Waals surface area contributed by atoms with Gasteiger partial charge in [-0.15, -0.1) is 0 Å². The van der Waals surface area contributed by atoms with Crippen LogP contribution >= 0.6 is 0 Å². The van der Waals surface area contributed by atoms with E-state index in [1.54, 1.807) is 32.5 Å². The molecule has 0 aliphatic heterocycles. The van der Waals surface area contributed by atoms with Crippen LogP contribution in [0.3, 0.4) is 0 Å². The Labute approximate surface area is 166 Å². The number of Topliss-reactive ketones (excluding diaryl/α,β-unsaturated/α-hetero) is 1. The van der Waals surface area contributed by atoms with Gasteiger partial charge in [0.05, 0.1) is 14.2 Å². The normalized spacial score (nSPS) is 11.8. The molecule has 0 saturated carbocycles. The zero-order chi connectivity index (χ0) is 20.5. The molecule has 0 radical (unpaired) electrons. The lowest BCUT2D eigenvalue weighted by atomic mass is 9.88. The van der Waals surface area contributed by atoms with Crippen LogP contribution in [0.25, 0.3) is 0 Å². The van der Waals surface area contributed by atoms with E-state index in [1.807, 2.05) is 18.2 Å². The average Bonchev–Trinajstić information content (AvgIpc) is 2.72. The average molecular weight is 384 g/mol. The van der Waals surface area contributed by atoms with E-state index < -0.39 is 0 Å². The Hall–Kier alpha value is -2.89. The molecule has 0 spiro atoms. The van der Waals surface area contributed by atoms with Crippen molar-refractivity contribution in [2.45, 2.75) is 32.6 Å². The Bertz CT molecular complexity index is 790. The summed E-state index contributed by atoms with van der Waals surface area (Å²) < 4.78 is 10.7. The maximum Gasteiger partial charge on any atom is 0.220 e. The summed E-state index contributed by atoms with van der Waals surface area (Å²) in [5.74, 6) is 1.56. The van der Waals surface area contributed by atoms with E-state index in [-0.39, 0.29) is 30.4 Å². The van der Waals surface area contributed by atoms with Crippen molar-refractivity contribution >= 4 is 11.7 Å². The first-order chi connectivity index (χ1) is 13.5. The van der Waals surface area contributed by atoms with E-state index in [1.165, 1.54) is 6.20 Å². The third kappa shape index (κ3) is 5.81. The molecular weight excluding hydrogens is 356 g/mol. The maximum absolute atomic E-state index is 12.2. The number of benzene rings is 1. The summed E-state index contributed by atoms with van der Waals surface area (Å²) >= 11 is 0. The number of hydrogen-bond donors (Lipinski definition) is 1. The first kappa shape index (κ1) is 21.4. The minimum atomic E-state index is -0.136. The largest absolute Gasteiger partial charge is 0.493 e. The van der Waals surface area contributed by atoms with E-state index >= 15 is 0 Å². The molecule has 1 N–H and O–H groups in total. The van der Waals surface area contributed by atoms with Gasteiger partial charge in [0.15, 0.2) is 17.3 Å². The standard InChI is InChI=1S/C22H28N2O4/c1-15(2)18(16-7-9-20(27-3)21(12-16)28-4)14-24-22(26)10-8-19(25)17-6-5-11-23-13-17/h5-7,9,11-13,15,18H,8,10,14H2,1-4H3,(H,24,26). The number of carbonyl (C=O) groups is 2. The van der Waals surface area contributed by atoms with Gasteiger partial charge in [-0.1, -0.05) is 19.9 Å². The fourth-order valence-corrected chi connectivity index (χ4v) is 3.03. The second-order valence-electron chi connectivity index (χ2n) is 6.93. The molecule has 1 amide bonds. The zero-order valence-corrected chi connectivity index (χ0v) is 16.9. The quantitative estimate of drug-likeness (QED) is 0.633. The Morgan fingerprint density at radius 1 is 1.07 bits per heavy atom. The molecule has 6 nitrogen and oxygen atoms in total. The van der Waals surface area contributed by atoms with Gasteiger partial charge in [-0.3, -0.25) is 14.6 Å². The van der Waals surface area contributed by atoms with E-state index in [4.69, 9.17) is 9.47 Å². The van der Waals surface area contributed by atoms with E-state index in [0.29, 0.717) is 29.5 Å². The molecular formula is C22H28N2O4. The first-order valence-electron chi connectivity index (χ1n) is 9.38. The second kappa shape index (κ2) is 10.4. The number of amides is 1. The van der Waals surface area contributed by atoms with Gasteiger partial charge < -0.3 is 14.8 Å². The number of pyridine rings is 1. The van der Waals surface area contributed by atoms with Crippen molar-refractivity contribution < 1.29 is 19.1 Å². The van der Waals surface area contributed by atoms with E-state index in [9.17, 15) is 9.59 Å². The van der Waals surface area contributed by atoms with Gasteiger partial charge in [0.1, 0.15) is 0 Å². The lowest BCUT2D eigenvalue weighted by Crippen LogP contribution is -2.30. The van der Waals surface area contributed by atoms with Crippen LogP contribution in [0.5, 0.6) is 11.5 Å². The summed E-state index contributed by atoms with van der Waals surface area (Å²) in [6.45, 7) is 4.71. The minimum Gasteiger partial charge on any atom is -0.493 e. The molecule has 1 atom stereocenters. The Kier molecular flexibility index (Phi) is 7.99. The highest BCUT2D eigenvalue weighted by Gasteiger charge is 2.19. The molecule has 2 aromatic rings. The van der Waals surface area contributed by atoms with E-state index in [0.717, 1.165) is 5.56 Å². The SMILES string of the molecule is COc1ccc(C(CNC(=O)CCC(=O)c2cccnc2)C(C)C)cc1OC. The maximum atomic E-state index is 12.2. The lowest BCUT2D eigenvalue weighted by molar-refractivity contribution is -0.121. The van der Waals surface area contributed by atoms with Crippen LogP contribution in [0.15, 0.2) is 42.7 Å². The third-order valence-corrected chi connectivity index (χ3v) is 4.72. The number of aromatic nitrogens is 1. The number of hydrogen-bond acceptors (Lipinski definition) is 5. The van der Waals surface area contributed by atoms with Gasteiger partial charge in [-0.05, 0) is 35.7 Å². The summed E-state index contributed by atoms with van der Waals surface area (Å²) in [5.41, 5.74) is 1.60. The van der Waals surface area contributed by atoms with Crippen molar-refractivity contribution in [3.05, 3.63) is 53.9 Å². The van der Waals surface area contributed by atoms with Crippen molar-refractivity contribution in [3.63, 3.8) is 0 Å². The second-order valence-corrected chi connectivity index (χ2v) is 6.93. The smallest absolute Gasteiger partial charge is 0.220 e. The monoisotopic (exact) mass is 384 g/mol. The predicted molar refractivity (Wildman–Crippen MR) is 108 cm³/mol. The van der Waals surface area contributed by atoms with Crippen molar-refractivity contribution in [3.8, 4) is 11.5 Å². The number of rotatable bonds is 10. The molecule has 1 unspecified atom stereocenters. The van der Waals surface area contributed by atoms with Gasteiger partial charge in [0.25, 0.3) is 0 Å². The molecule has 1 aromatic heterocycles. The zero-order valence-electron chi connectivity index (χ0n) is 16.9. The van der Waals surface area contributed by atoms with Crippen molar-refractivity contribution in [1.82, 2.24) is 10.3 Å². The van der Waals surface area contributed by atoms with Crippen LogP contribution in [-0.4, -0.2) is 37.4 Å². The van der Waals surface area contributed by atoms with Crippen molar-refractivity contribution in [2.24, 2.45) is 5.92 Å². The Morgan fingerprint density at radius 3 is 2.43 bits per heavy atom. The highest BCUT2D eigenvalue weighted by molar-refractivity contribution is 5.97. The van der Waals surface area contributed by atoms with Crippen LogP contribution in [0, 0.1) is 5.92 Å². The summed E-state index contributed by atoms with van der Waals surface area (Å²) in [7, 11) is 3.21. The fourth-order valence-electron chi connectivity index (χ4n) is 3.03. The van der Waals surface area contributed by atoms with Gasteiger partial charge in [0, 0.05) is 43.3 Å². The molecule has 6 heteroatoms. The molecule has 0 saturated heterocycles. The molecule has 0 bridgehead atoms. The van der Waals surface area contributed by atoms with Gasteiger partial charge in [-0.25, -0.2) is 0 Å². The lowest BCUT2D eigenvalue weighted by Gasteiger charge is -2.23.